The van der Waals surface area contributed by atoms with Gasteiger partial charge in [0.1, 0.15) is 5.75 Å². The first-order valence-electron chi connectivity index (χ1n) is 9.40. The first-order chi connectivity index (χ1) is 11.8. The van der Waals surface area contributed by atoms with Crippen molar-refractivity contribution in [2.75, 3.05) is 7.11 Å². The van der Waals surface area contributed by atoms with Gasteiger partial charge < -0.3 is 4.74 Å². The number of ether oxygens (including phenoxy) is 1. The zero-order valence-electron chi connectivity index (χ0n) is 15.2. The molecule has 0 bridgehead atoms. The Balaban J connectivity index is 1.74. The second-order valence-electron chi connectivity index (χ2n) is 6.45. The van der Waals surface area contributed by atoms with E-state index >= 15 is 0 Å². The van der Waals surface area contributed by atoms with E-state index in [0.29, 0.717) is 0 Å². The zero-order valence-corrected chi connectivity index (χ0v) is 15.2. The fourth-order valence-electron chi connectivity index (χ4n) is 2.94. The van der Waals surface area contributed by atoms with Crippen LogP contribution in [0.4, 0.5) is 0 Å². The van der Waals surface area contributed by atoms with Crippen molar-refractivity contribution in [1.29, 1.82) is 0 Å². The van der Waals surface area contributed by atoms with Crippen LogP contribution in [0.2, 0.25) is 0 Å². The topological polar surface area (TPSA) is 9.23 Å². The molecule has 0 unspecified atom stereocenters. The van der Waals surface area contributed by atoms with Crippen molar-refractivity contribution in [1.82, 2.24) is 0 Å². The maximum absolute atomic E-state index is 5.29. The number of hydrogen-bond donors (Lipinski definition) is 0. The summed E-state index contributed by atoms with van der Waals surface area (Å²) in [6.07, 6.45) is 11.8. The van der Waals surface area contributed by atoms with Crippen LogP contribution in [0.3, 0.4) is 0 Å². The van der Waals surface area contributed by atoms with Gasteiger partial charge in [0.25, 0.3) is 0 Å². The van der Waals surface area contributed by atoms with Gasteiger partial charge in [0.2, 0.25) is 0 Å². The zero-order chi connectivity index (χ0) is 17.0. The van der Waals surface area contributed by atoms with Crippen molar-refractivity contribution >= 4 is 10.8 Å². The fraction of sp³-hybridized carbons (Fsp3) is 0.478. The third kappa shape index (κ3) is 6.28. The smallest absolute Gasteiger partial charge is 0.119 e. The number of methoxy groups -OCH3 is 1. The SMILES string of the molecule is CCCCCCCCCCC#Cc1ccc2ccc(OC)cc2c1. The maximum Gasteiger partial charge on any atom is 0.119 e. The van der Waals surface area contributed by atoms with E-state index in [4.69, 9.17) is 4.74 Å². The summed E-state index contributed by atoms with van der Waals surface area (Å²) < 4.78 is 5.29. The molecule has 24 heavy (non-hydrogen) atoms. The van der Waals surface area contributed by atoms with Gasteiger partial charge >= 0.3 is 0 Å². The van der Waals surface area contributed by atoms with Crippen LogP contribution in [-0.2, 0) is 0 Å². The third-order valence-corrected chi connectivity index (χ3v) is 4.44. The molecule has 2 aromatic carbocycles. The minimum absolute atomic E-state index is 0.895. The van der Waals surface area contributed by atoms with Crippen LogP contribution >= 0.6 is 0 Å². The summed E-state index contributed by atoms with van der Waals surface area (Å²) in [6.45, 7) is 2.27. The van der Waals surface area contributed by atoms with E-state index < -0.39 is 0 Å². The molecule has 128 valence electrons. The highest BCUT2D eigenvalue weighted by Gasteiger charge is 1.97. The lowest BCUT2D eigenvalue weighted by atomic mass is 10.1. The highest BCUT2D eigenvalue weighted by atomic mass is 16.5. The van der Waals surface area contributed by atoms with Gasteiger partial charge in [-0.05, 0) is 41.5 Å². The van der Waals surface area contributed by atoms with Crippen molar-refractivity contribution in [3.05, 3.63) is 42.0 Å². The van der Waals surface area contributed by atoms with Crippen molar-refractivity contribution in [3.8, 4) is 17.6 Å². The summed E-state index contributed by atoms with van der Waals surface area (Å²) in [5.41, 5.74) is 1.09. The fourth-order valence-corrected chi connectivity index (χ4v) is 2.94. The second kappa shape index (κ2) is 10.8. The molecule has 0 heterocycles. The Hall–Kier alpha value is -1.94. The van der Waals surface area contributed by atoms with Gasteiger partial charge in [0, 0.05) is 12.0 Å². The van der Waals surface area contributed by atoms with Gasteiger partial charge in [-0.2, -0.15) is 0 Å². The van der Waals surface area contributed by atoms with Crippen LogP contribution in [-0.4, -0.2) is 7.11 Å². The molecule has 2 aromatic rings. The van der Waals surface area contributed by atoms with Crippen LogP contribution in [0, 0.1) is 11.8 Å². The van der Waals surface area contributed by atoms with Crippen molar-refractivity contribution in [2.24, 2.45) is 0 Å². The first-order valence-corrected chi connectivity index (χ1v) is 9.40. The minimum Gasteiger partial charge on any atom is -0.497 e. The van der Waals surface area contributed by atoms with E-state index in [-0.39, 0.29) is 0 Å². The second-order valence-corrected chi connectivity index (χ2v) is 6.45. The van der Waals surface area contributed by atoms with Crippen LogP contribution in [0.15, 0.2) is 36.4 Å². The van der Waals surface area contributed by atoms with Crippen LogP contribution < -0.4 is 4.74 Å². The number of rotatable bonds is 9. The molecule has 0 fully saturated rings. The quantitative estimate of drug-likeness (QED) is 0.367. The van der Waals surface area contributed by atoms with Crippen LogP contribution in [0.5, 0.6) is 5.75 Å². The average Bonchev–Trinajstić information content (AvgIpc) is 2.62. The van der Waals surface area contributed by atoms with Crippen LogP contribution in [0.25, 0.3) is 10.8 Å². The molecule has 0 N–H and O–H groups in total. The lowest BCUT2D eigenvalue weighted by Crippen LogP contribution is -1.83. The molecule has 0 aromatic heterocycles. The Morgan fingerprint density at radius 3 is 2.25 bits per heavy atom. The van der Waals surface area contributed by atoms with Gasteiger partial charge in [-0.3, -0.25) is 0 Å². The summed E-state index contributed by atoms with van der Waals surface area (Å²) in [5.74, 6) is 7.52. The van der Waals surface area contributed by atoms with E-state index in [1.54, 1.807) is 7.11 Å². The molecule has 0 saturated carbocycles. The predicted octanol–water partition coefficient (Wildman–Crippen LogP) is 6.73. The highest BCUT2D eigenvalue weighted by Crippen LogP contribution is 2.21. The van der Waals surface area contributed by atoms with E-state index in [1.165, 1.54) is 62.1 Å². The number of unbranched alkanes of at least 4 members (excludes halogenated alkanes) is 8. The van der Waals surface area contributed by atoms with Crippen molar-refractivity contribution in [2.45, 2.75) is 64.7 Å². The van der Waals surface area contributed by atoms with Gasteiger partial charge in [-0.15, -0.1) is 0 Å². The summed E-state index contributed by atoms with van der Waals surface area (Å²) >= 11 is 0. The molecule has 0 spiro atoms. The third-order valence-electron chi connectivity index (χ3n) is 4.44. The number of fused-ring (bicyclic) bond motifs is 1. The summed E-state index contributed by atoms with van der Waals surface area (Å²) in [5, 5.41) is 2.41. The van der Waals surface area contributed by atoms with E-state index in [2.05, 4.69) is 49.1 Å². The van der Waals surface area contributed by atoms with Gasteiger partial charge in [0.15, 0.2) is 0 Å². The molecule has 1 heteroatoms. The molecule has 2 rings (SSSR count). The summed E-state index contributed by atoms with van der Waals surface area (Å²) in [6, 6.07) is 12.5. The normalized spacial score (nSPS) is 10.4. The summed E-state index contributed by atoms with van der Waals surface area (Å²) in [4.78, 5) is 0. The van der Waals surface area contributed by atoms with E-state index in [9.17, 15) is 0 Å². The summed E-state index contributed by atoms with van der Waals surface area (Å²) in [7, 11) is 1.70. The van der Waals surface area contributed by atoms with Gasteiger partial charge in [-0.25, -0.2) is 0 Å². The highest BCUT2D eigenvalue weighted by molar-refractivity contribution is 5.85. The molecule has 0 aliphatic rings. The van der Waals surface area contributed by atoms with Crippen molar-refractivity contribution in [3.63, 3.8) is 0 Å². The number of hydrogen-bond acceptors (Lipinski definition) is 1. The predicted molar refractivity (Wildman–Crippen MR) is 105 cm³/mol. The lowest BCUT2D eigenvalue weighted by Gasteiger charge is -2.02. The molecule has 1 nitrogen and oxygen atoms in total. The first kappa shape index (κ1) is 18.4. The van der Waals surface area contributed by atoms with Gasteiger partial charge in [-0.1, -0.05) is 75.8 Å². The maximum atomic E-state index is 5.29. The standard InChI is InChI=1S/C23H30O/c1-3-4-5-6-7-8-9-10-11-12-13-20-14-15-21-16-17-23(24-2)19-22(21)18-20/h14-19H,3-11H2,1-2H3. The molecule has 0 radical (unpaired) electrons. The Morgan fingerprint density at radius 2 is 1.50 bits per heavy atom. The van der Waals surface area contributed by atoms with E-state index in [0.717, 1.165) is 17.7 Å². The van der Waals surface area contributed by atoms with E-state index in [1.807, 2.05) is 6.07 Å². The molecule has 0 aliphatic heterocycles. The average molecular weight is 322 g/mol. The van der Waals surface area contributed by atoms with Crippen LogP contribution in [0.1, 0.15) is 70.3 Å². The monoisotopic (exact) mass is 322 g/mol. The Kier molecular flexibility index (Phi) is 8.25. The molecular weight excluding hydrogens is 292 g/mol. The minimum atomic E-state index is 0.895. The lowest BCUT2D eigenvalue weighted by molar-refractivity contribution is 0.415. The molecule has 0 amide bonds. The Morgan fingerprint density at radius 1 is 0.792 bits per heavy atom. The molecule has 0 atom stereocenters. The number of benzene rings is 2. The molecule has 0 aliphatic carbocycles. The van der Waals surface area contributed by atoms with Gasteiger partial charge in [0.05, 0.1) is 7.11 Å². The van der Waals surface area contributed by atoms with Crippen molar-refractivity contribution < 1.29 is 4.74 Å². The molecule has 0 saturated heterocycles. The Bertz CT molecular complexity index is 675. The Labute approximate surface area is 147 Å². The largest absolute Gasteiger partial charge is 0.497 e. The molecular formula is C23H30O.